The Kier molecular flexibility index (Phi) is 3.37. The molecule has 0 aromatic heterocycles. The molecule has 0 aliphatic carbocycles. The van der Waals surface area contributed by atoms with Gasteiger partial charge in [0.15, 0.2) is 0 Å². The Bertz CT molecular complexity index is 535. The summed E-state index contributed by atoms with van der Waals surface area (Å²) in [4.78, 5) is 34.3. The van der Waals surface area contributed by atoms with E-state index in [9.17, 15) is 24.6 Å². The predicted octanol–water partition coefficient (Wildman–Crippen LogP) is -0.367. The minimum Gasteiger partial charge on any atom is -0.508 e. The van der Waals surface area contributed by atoms with E-state index in [4.69, 9.17) is 0 Å². The molecule has 1 aromatic rings. The van der Waals surface area contributed by atoms with Crippen molar-refractivity contribution in [2.45, 2.75) is 18.9 Å². The number of benzene rings is 1. The molecule has 19 heavy (non-hydrogen) atoms. The molecule has 7 nitrogen and oxygen atoms in total. The second kappa shape index (κ2) is 4.97. The van der Waals surface area contributed by atoms with E-state index < -0.39 is 17.9 Å². The quantitative estimate of drug-likeness (QED) is 0.544. The zero-order valence-electron chi connectivity index (χ0n) is 9.84. The van der Waals surface area contributed by atoms with Crippen molar-refractivity contribution in [2.24, 2.45) is 0 Å². The van der Waals surface area contributed by atoms with E-state index in [-0.39, 0.29) is 35.8 Å². The van der Waals surface area contributed by atoms with Crippen LogP contribution in [0.5, 0.6) is 11.5 Å². The monoisotopic (exact) mass is 264 g/mol. The molecule has 100 valence electrons. The number of carbonyl (C=O) groups is 3. The van der Waals surface area contributed by atoms with Crippen molar-refractivity contribution in [3.8, 4) is 11.5 Å². The zero-order chi connectivity index (χ0) is 14.0. The van der Waals surface area contributed by atoms with Crippen molar-refractivity contribution in [2.75, 3.05) is 0 Å². The number of imide groups is 1. The first-order chi connectivity index (χ1) is 8.95. The first-order valence-corrected chi connectivity index (χ1v) is 5.63. The lowest BCUT2D eigenvalue weighted by Crippen LogP contribution is -2.52. The third-order valence-electron chi connectivity index (χ3n) is 2.71. The fraction of sp³-hybridized carbons (Fsp3) is 0.250. The highest BCUT2D eigenvalue weighted by Crippen LogP contribution is 2.20. The summed E-state index contributed by atoms with van der Waals surface area (Å²) in [7, 11) is 0. The molecule has 1 aliphatic heterocycles. The second-order valence-electron chi connectivity index (χ2n) is 4.22. The van der Waals surface area contributed by atoms with Gasteiger partial charge in [0.05, 0.1) is 0 Å². The average Bonchev–Trinajstić information content (AvgIpc) is 2.31. The predicted molar refractivity (Wildman–Crippen MR) is 63.4 cm³/mol. The number of piperidine rings is 1. The molecule has 0 spiro atoms. The van der Waals surface area contributed by atoms with E-state index in [1.807, 2.05) is 0 Å². The van der Waals surface area contributed by atoms with Gasteiger partial charge in [0.2, 0.25) is 11.8 Å². The van der Waals surface area contributed by atoms with Crippen LogP contribution in [0.25, 0.3) is 0 Å². The fourth-order valence-corrected chi connectivity index (χ4v) is 1.80. The molecule has 0 bridgehead atoms. The molecule has 0 saturated carbocycles. The van der Waals surface area contributed by atoms with Crippen molar-refractivity contribution in [3.05, 3.63) is 23.8 Å². The number of phenols is 2. The van der Waals surface area contributed by atoms with Crippen LogP contribution >= 0.6 is 0 Å². The van der Waals surface area contributed by atoms with Crippen molar-refractivity contribution in [1.82, 2.24) is 10.6 Å². The number of aromatic hydroxyl groups is 2. The molecule has 2 rings (SSSR count). The first kappa shape index (κ1) is 12.9. The molecule has 1 fully saturated rings. The van der Waals surface area contributed by atoms with Crippen molar-refractivity contribution in [3.63, 3.8) is 0 Å². The molecule has 0 radical (unpaired) electrons. The lowest BCUT2D eigenvalue weighted by atomic mass is 10.1. The minimum absolute atomic E-state index is 0.0298. The first-order valence-electron chi connectivity index (χ1n) is 5.63. The van der Waals surface area contributed by atoms with Gasteiger partial charge in [0, 0.05) is 18.1 Å². The SMILES string of the molecule is O=C1CCC(NC(=O)c2cc(O)cc(O)c2)C(=O)N1. The molecule has 1 unspecified atom stereocenters. The Hall–Kier alpha value is -2.57. The van der Waals surface area contributed by atoms with E-state index >= 15 is 0 Å². The lowest BCUT2D eigenvalue weighted by molar-refractivity contribution is -0.134. The molecule has 3 amide bonds. The summed E-state index contributed by atoms with van der Waals surface area (Å²) >= 11 is 0. The molecule has 1 aliphatic rings. The van der Waals surface area contributed by atoms with E-state index in [1.54, 1.807) is 0 Å². The van der Waals surface area contributed by atoms with Crippen LogP contribution in [-0.4, -0.2) is 34.0 Å². The number of nitrogens with one attached hydrogen (secondary N) is 2. The fourth-order valence-electron chi connectivity index (χ4n) is 1.80. The van der Waals surface area contributed by atoms with Gasteiger partial charge in [-0.25, -0.2) is 0 Å². The van der Waals surface area contributed by atoms with Crippen molar-refractivity contribution in [1.29, 1.82) is 0 Å². The highest BCUT2D eigenvalue weighted by atomic mass is 16.3. The van der Waals surface area contributed by atoms with Gasteiger partial charge in [-0.3, -0.25) is 19.7 Å². The van der Waals surface area contributed by atoms with Gasteiger partial charge >= 0.3 is 0 Å². The molecule has 4 N–H and O–H groups in total. The molecular weight excluding hydrogens is 252 g/mol. The third kappa shape index (κ3) is 3.01. The smallest absolute Gasteiger partial charge is 0.252 e. The lowest BCUT2D eigenvalue weighted by Gasteiger charge is -2.21. The summed E-state index contributed by atoms with van der Waals surface area (Å²) in [5, 5.41) is 23.1. The highest BCUT2D eigenvalue weighted by molar-refractivity contribution is 6.03. The number of carbonyl (C=O) groups excluding carboxylic acids is 3. The standard InChI is InChI=1S/C12H12N2O5/c15-7-3-6(4-8(16)5-7)11(18)13-9-1-2-10(17)14-12(9)19/h3-5,9,15-16H,1-2H2,(H,13,18)(H,14,17,19). The van der Waals surface area contributed by atoms with Crippen LogP contribution in [0, 0.1) is 0 Å². The van der Waals surface area contributed by atoms with Crippen LogP contribution < -0.4 is 10.6 Å². The topological polar surface area (TPSA) is 116 Å². The summed E-state index contributed by atoms with van der Waals surface area (Å²) in [5.74, 6) is -2.05. The number of phenolic OH excluding ortho intramolecular Hbond substituents is 2. The Labute approximate surface area is 108 Å². The van der Waals surface area contributed by atoms with E-state index in [0.29, 0.717) is 0 Å². The molecule has 1 saturated heterocycles. The zero-order valence-corrected chi connectivity index (χ0v) is 9.84. The Balaban J connectivity index is 2.08. The average molecular weight is 264 g/mol. The van der Waals surface area contributed by atoms with Gasteiger partial charge in [0.25, 0.3) is 5.91 Å². The largest absolute Gasteiger partial charge is 0.508 e. The molecular formula is C12H12N2O5. The summed E-state index contributed by atoms with van der Waals surface area (Å²) < 4.78 is 0. The molecule has 7 heteroatoms. The van der Waals surface area contributed by atoms with Crippen LogP contribution in [0.1, 0.15) is 23.2 Å². The van der Waals surface area contributed by atoms with Crippen molar-refractivity contribution >= 4 is 17.7 Å². The van der Waals surface area contributed by atoms with Gasteiger partial charge in [-0.2, -0.15) is 0 Å². The Morgan fingerprint density at radius 3 is 2.42 bits per heavy atom. The summed E-state index contributed by atoms with van der Waals surface area (Å²) in [6.45, 7) is 0. The summed E-state index contributed by atoms with van der Waals surface area (Å²) in [5.41, 5.74) is 0.0298. The Morgan fingerprint density at radius 1 is 1.21 bits per heavy atom. The van der Waals surface area contributed by atoms with Crippen LogP contribution in [0.15, 0.2) is 18.2 Å². The van der Waals surface area contributed by atoms with Gasteiger partial charge in [-0.15, -0.1) is 0 Å². The molecule has 1 heterocycles. The van der Waals surface area contributed by atoms with Gasteiger partial charge in [0.1, 0.15) is 17.5 Å². The van der Waals surface area contributed by atoms with Crippen LogP contribution in [0.4, 0.5) is 0 Å². The minimum atomic E-state index is -0.797. The van der Waals surface area contributed by atoms with E-state index in [2.05, 4.69) is 10.6 Å². The van der Waals surface area contributed by atoms with E-state index in [1.165, 1.54) is 12.1 Å². The van der Waals surface area contributed by atoms with Crippen molar-refractivity contribution < 1.29 is 24.6 Å². The summed E-state index contributed by atoms with van der Waals surface area (Å²) in [6.07, 6.45) is 0.378. The molecule has 1 atom stereocenters. The third-order valence-corrected chi connectivity index (χ3v) is 2.71. The highest BCUT2D eigenvalue weighted by Gasteiger charge is 2.28. The number of hydrogen-bond acceptors (Lipinski definition) is 5. The van der Waals surface area contributed by atoms with Gasteiger partial charge in [-0.05, 0) is 18.6 Å². The maximum Gasteiger partial charge on any atom is 0.252 e. The Morgan fingerprint density at radius 2 is 1.84 bits per heavy atom. The second-order valence-corrected chi connectivity index (χ2v) is 4.22. The number of amides is 3. The van der Waals surface area contributed by atoms with Crippen LogP contribution in [0.2, 0.25) is 0 Å². The van der Waals surface area contributed by atoms with E-state index in [0.717, 1.165) is 6.07 Å². The van der Waals surface area contributed by atoms with Gasteiger partial charge < -0.3 is 15.5 Å². The molecule has 1 aromatic carbocycles. The van der Waals surface area contributed by atoms with Crippen LogP contribution in [-0.2, 0) is 9.59 Å². The maximum atomic E-state index is 11.8. The van der Waals surface area contributed by atoms with Crippen LogP contribution in [0.3, 0.4) is 0 Å². The number of hydrogen-bond donors (Lipinski definition) is 4. The van der Waals surface area contributed by atoms with Gasteiger partial charge in [-0.1, -0.05) is 0 Å². The normalized spacial score (nSPS) is 18.8. The maximum absolute atomic E-state index is 11.8. The number of rotatable bonds is 2. The summed E-state index contributed by atoms with van der Waals surface area (Å²) in [6, 6.07) is 2.62.